The van der Waals surface area contributed by atoms with Gasteiger partial charge in [-0.05, 0) is 42.9 Å². The highest BCUT2D eigenvalue weighted by atomic mass is 35.5. The predicted octanol–water partition coefficient (Wildman–Crippen LogP) is 3.97. The zero-order valence-electron chi connectivity index (χ0n) is 11.6. The van der Waals surface area contributed by atoms with E-state index in [-0.39, 0.29) is 5.97 Å². The Balaban J connectivity index is 2.07. The standard InChI is InChI=1S/C15H20ClNO2/c1-9(2)10-6-12(7-10)17-14-8-11(16)4-5-13(14)15(18)19-3/h4-5,8-10,12,17H,6-7H2,1-3H3. The molecule has 0 bridgehead atoms. The van der Waals surface area contributed by atoms with Crippen molar-refractivity contribution in [1.82, 2.24) is 0 Å². The first-order valence-corrected chi connectivity index (χ1v) is 7.03. The number of carbonyl (C=O) groups excluding carboxylic acids is 1. The second-order valence-corrected chi connectivity index (χ2v) is 5.93. The van der Waals surface area contributed by atoms with Crippen LogP contribution < -0.4 is 5.32 Å². The number of rotatable bonds is 4. The fourth-order valence-electron chi connectivity index (χ4n) is 2.47. The molecule has 1 aliphatic carbocycles. The number of methoxy groups -OCH3 is 1. The van der Waals surface area contributed by atoms with Crippen molar-refractivity contribution >= 4 is 23.3 Å². The molecule has 0 aliphatic heterocycles. The largest absolute Gasteiger partial charge is 0.465 e. The number of ether oxygens (including phenoxy) is 1. The highest BCUT2D eigenvalue weighted by Crippen LogP contribution is 2.36. The quantitative estimate of drug-likeness (QED) is 0.849. The van der Waals surface area contributed by atoms with Gasteiger partial charge in [-0.1, -0.05) is 25.4 Å². The van der Waals surface area contributed by atoms with E-state index in [0.29, 0.717) is 16.6 Å². The van der Waals surface area contributed by atoms with Crippen LogP contribution >= 0.6 is 11.6 Å². The van der Waals surface area contributed by atoms with Crippen molar-refractivity contribution in [2.45, 2.75) is 32.7 Å². The lowest BCUT2D eigenvalue weighted by Gasteiger charge is -2.39. The molecule has 1 aromatic rings. The van der Waals surface area contributed by atoms with Crippen molar-refractivity contribution in [3.05, 3.63) is 28.8 Å². The maximum atomic E-state index is 11.7. The minimum Gasteiger partial charge on any atom is -0.465 e. The van der Waals surface area contributed by atoms with Gasteiger partial charge in [-0.3, -0.25) is 0 Å². The summed E-state index contributed by atoms with van der Waals surface area (Å²) in [4.78, 5) is 11.7. The molecule has 0 aromatic heterocycles. The lowest BCUT2D eigenvalue weighted by molar-refractivity contribution is 0.0601. The summed E-state index contributed by atoms with van der Waals surface area (Å²) < 4.78 is 4.79. The lowest BCUT2D eigenvalue weighted by Crippen LogP contribution is -2.38. The molecule has 0 amide bonds. The summed E-state index contributed by atoms with van der Waals surface area (Å²) in [5, 5.41) is 4.02. The zero-order valence-corrected chi connectivity index (χ0v) is 12.3. The Morgan fingerprint density at radius 2 is 2.11 bits per heavy atom. The SMILES string of the molecule is COC(=O)c1ccc(Cl)cc1NC1CC(C(C)C)C1. The van der Waals surface area contributed by atoms with E-state index in [4.69, 9.17) is 16.3 Å². The summed E-state index contributed by atoms with van der Waals surface area (Å²) >= 11 is 6.00. The lowest BCUT2D eigenvalue weighted by atomic mass is 9.73. The Kier molecular flexibility index (Phi) is 4.35. The fourth-order valence-corrected chi connectivity index (χ4v) is 2.64. The Hall–Kier alpha value is -1.22. The van der Waals surface area contributed by atoms with E-state index in [9.17, 15) is 4.79 Å². The van der Waals surface area contributed by atoms with Crippen LogP contribution in [0.25, 0.3) is 0 Å². The molecule has 1 aromatic carbocycles. The van der Waals surface area contributed by atoms with Gasteiger partial charge in [0.15, 0.2) is 0 Å². The van der Waals surface area contributed by atoms with Gasteiger partial charge >= 0.3 is 5.97 Å². The molecular formula is C15H20ClNO2. The van der Waals surface area contributed by atoms with Gasteiger partial charge in [-0.2, -0.15) is 0 Å². The topological polar surface area (TPSA) is 38.3 Å². The number of halogens is 1. The minimum absolute atomic E-state index is 0.334. The molecule has 2 rings (SSSR count). The molecule has 104 valence electrons. The van der Waals surface area contributed by atoms with Crippen molar-refractivity contribution in [2.24, 2.45) is 11.8 Å². The van der Waals surface area contributed by atoms with E-state index in [1.807, 2.05) is 0 Å². The van der Waals surface area contributed by atoms with Crippen LogP contribution in [0.5, 0.6) is 0 Å². The van der Waals surface area contributed by atoms with Crippen molar-refractivity contribution < 1.29 is 9.53 Å². The molecular weight excluding hydrogens is 262 g/mol. The number of hydrogen-bond acceptors (Lipinski definition) is 3. The molecule has 3 nitrogen and oxygen atoms in total. The summed E-state index contributed by atoms with van der Waals surface area (Å²) in [6.45, 7) is 4.50. The molecule has 19 heavy (non-hydrogen) atoms. The Bertz CT molecular complexity index is 467. The third-order valence-corrected chi connectivity index (χ3v) is 4.10. The van der Waals surface area contributed by atoms with E-state index in [2.05, 4.69) is 19.2 Å². The molecule has 0 heterocycles. The Morgan fingerprint density at radius 1 is 1.42 bits per heavy atom. The van der Waals surface area contributed by atoms with Gasteiger partial charge in [-0.15, -0.1) is 0 Å². The molecule has 4 heteroatoms. The summed E-state index contributed by atoms with van der Waals surface area (Å²) in [6, 6.07) is 5.62. The summed E-state index contributed by atoms with van der Waals surface area (Å²) in [5.74, 6) is 1.16. The third kappa shape index (κ3) is 3.21. The normalized spacial score (nSPS) is 21.9. The van der Waals surface area contributed by atoms with Gasteiger partial charge in [0.2, 0.25) is 0 Å². The maximum absolute atomic E-state index is 11.7. The first kappa shape index (κ1) is 14.2. The summed E-state index contributed by atoms with van der Waals surface area (Å²) in [5.41, 5.74) is 1.31. The smallest absolute Gasteiger partial charge is 0.339 e. The number of carbonyl (C=O) groups is 1. The van der Waals surface area contributed by atoms with Crippen molar-refractivity contribution in [1.29, 1.82) is 0 Å². The molecule has 0 atom stereocenters. The maximum Gasteiger partial charge on any atom is 0.339 e. The highest BCUT2D eigenvalue weighted by Gasteiger charge is 2.31. The number of anilines is 1. The molecule has 1 fully saturated rings. The van der Waals surface area contributed by atoms with E-state index in [1.54, 1.807) is 18.2 Å². The first-order chi connectivity index (χ1) is 9.01. The van der Waals surface area contributed by atoms with Gasteiger partial charge in [0, 0.05) is 11.1 Å². The van der Waals surface area contributed by atoms with Crippen LogP contribution in [-0.4, -0.2) is 19.1 Å². The molecule has 1 aliphatic rings. The predicted molar refractivity (Wildman–Crippen MR) is 77.8 cm³/mol. The van der Waals surface area contributed by atoms with Crippen molar-refractivity contribution in [3.63, 3.8) is 0 Å². The van der Waals surface area contributed by atoms with Crippen LogP contribution in [0, 0.1) is 11.8 Å². The highest BCUT2D eigenvalue weighted by molar-refractivity contribution is 6.31. The van der Waals surface area contributed by atoms with Gasteiger partial charge in [0.05, 0.1) is 18.4 Å². The Morgan fingerprint density at radius 3 is 2.68 bits per heavy atom. The van der Waals surface area contributed by atoms with E-state index >= 15 is 0 Å². The van der Waals surface area contributed by atoms with E-state index < -0.39 is 0 Å². The number of esters is 1. The van der Waals surface area contributed by atoms with Crippen molar-refractivity contribution in [2.75, 3.05) is 12.4 Å². The fraction of sp³-hybridized carbons (Fsp3) is 0.533. The average Bonchev–Trinajstić information content (AvgIpc) is 2.32. The second kappa shape index (κ2) is 5.83. The minimum atomic E-state index is -0.334. The number of nitrogens with one attached hydrogen (secondary N) is 1. The van der Waals surface area contributed by atoms with Crippen LogP contribution in [-0.2, 0) is 4.74 Å². The zero-order chi connectivity index (χ0) is 14.0. The third-order valence-electron chi connectivity index (χ3n) is 3.86. The van der Waals surface area contributed by atoms with Crippen molar-refractivity contribution in [3.8, 4) is 0 Å². The van der Waals surface area contributed by atoms with Crippen LogP contribution in [0.15, 0.2) is 18.2 Å². The molecule has 0 saturated heterocycles. The van der Waals surface area contributed by atoms with Gasteiger partial charge in [0.25, 0.3) is 0 Å². The van der Waals surface area contributed by atoms with Gasteiger partial charge < -0.3 is 10.1 Å². The molecule has 0 spiro atoms. The average molecular weight is 282 g/mol. The van der Waals surface area contributed by atoms with Gasteiger partial charge in [-0.25, -0.2) is 4.79 Å². The van der Waals surface area contributed by atoms with Crippen LogP contribution in [0.2, 0.25) is 5.02 Å². The van der Waals surface area contributed by atoms with Crippen LogP contribution in [0.3, 0.4) is 0 Å². The Labute approximate surface area is 119 Å². The molecule has 1 saturated carbocycles. The number of benzene rings is 1. The van der Waals surface area contributed by atoms with E-state index in [1.165, 1.54) is 7.11 Å². The first-order valence-electron chi connectivity index (χ1n) is 6.65. The van der Waals surface area contributed by atoms with Crippen LogP contribution in [0.4, 0.5) is 5.69 Å². The monoisotopic (exact) mass is 281 g/mol. The molecule has 0 unspecified atom stereocenters. The second-order valence-electron chi connectivity index (χ2n) is 5.50. The molecule has 0 radical (unpaired) electrons. The summed E-state index contributed by atoms with van der Waals surface area (Å²) in [7, 11) is 1.39. The van der Waals surface area contributed by atoms with Crippen LogP contribution in [0.1, 0.15) is 37.0 Å². The number of hydrogen-bond donors (Lipinski definition) is 1. The van der Waals surface area contributed by atoms with Gasteiger partial charge in [0.1, 0.15) is 0 Å². The summed E-state index contributed by atoms with van der Waals surface area (Å²) in [6.07, 6.45) is 2.29. The molecule has 1 N–H and O–H groups in total. The van der Waals surface area contributed by atoms with E-state index in [0.717, 1.165) is 30.4 Å².